The molecule has 0 aliphatic heterocycles. The van der Waals surface area contributed by atoms with Gasteiger partial charge in [0.25, 0.3) is 0 Å². The number of alkyl halides is 3. The van der Waals surface area contributed by atoms with E-state index in [9.17, 15) is 13.2 Å². The van der Waals surface area contributed by atoms with Crippen LogP contribution in [0.4, 0.5) is 13.2 Å². The first-order valence-electron chi connectivity index (χ1n) is 4.86. The van der Waals surface area contributed by atoms with Crippen molar-refractivity contribution in [3.05, 3.63) is 23.8 Å². The van der Waals surface area contributed by atoms with E-state index in [1.165, 1.54) is 12.3 Å². The van der Waals surface area contributed by atoms with Crippen molar-refractivity contribution in [1.29, 1.82) is 5.41 Å². The first kappa shape index (κ1) is 13.9. The topological polar surface area (TPSA) is 23.9 Å². The van der Waals surface area contributed by atoms with Crippen LogP contribution >= 0.6 is 0 Å². The Bertz CT molecular complexity index is 251. The van der Waals surface area contributed by atoms with Crippen LogP contribution in [0.3, 0.4) is 0 Å². The fraction of sp³-hybridized carbons (Fsp3) is 0.545. The van der Waals surface area contributed by atoms with Crippen LogP contribution in [0.25, 0.3) is 0 Å². The van der Waals surface area contributed by atoms with E-state index < -0.39 is 11.7 Å². The highest BCUT2D eigenvalue weighted by atomic mass is 19.4. The minimum absolute atomic E-state index is 0.104. The van der Waals surface area contributed by atoms with Crippen molar-refractivity contribution in [1.82, 2.24) is 0 Å². The van der Waals surface area contributed by atoms with Crippen LogP contribution in [0.15, 0.2) is 23.8 Å². The molecule has 1 unspecified atom stereocenters. The molecule has 0 aliphatic carbocycles. The van der Waals surface area contributed by atoms with E-state index >= 15 is 0 Å². The SMILES string of the molecule is C/C=C\C(=CCC(C=N)CC)C(F)(F)F. The van der Waals surface area contributed by atoms with Crippen molar-refractivity contribution in [2.75, 3.05) is 0 Å². The summed E-state index contributed by atoms with van der Waals surface area (Å²) in [7, 11) is 0. The molecule has 0 aliphatic rings. The fourth-order valence-electron chi connectivity index (χ4n) is 1.09. The van der Waals surface area contributed by atoms with Gasteiger partial charge in [0.1, 0.15) is 0 Å². The summed E-state index contributed by atoms with van der Waals surface area (Å²) in [5.74, 6) is -0.104. The number of halogens is 3. The molecule has 0 rings (SSSR count). The molecule has 0 radical (unpaired) electrons. The van der Waals surface area contributed by atoms with E-state index in [0.29, 0.717) is 6.42 Å². The highest BCUT2D eigenvalue weighted by Gasteiger charge is 2.31. The Morgan fingerprint density at radius 3 is 2.33 bits per heavy atom. The van der Waals surface area contributed by atoms with Crippen molar-refractivity contribution in [2.45, 2.75) is 32.9 Å². The van der Waals surface area contributed by atoms with Gasteiger partial charge in [-0.3, -0.25) is 0 Å². The predicted octanol–water partition coefficient (Wildman–Crippen LogP) is 4.12. The number of nitrogens with one attached hydrogen (secondary N) is 1. The third-order valence-electron chi connectivity index (χ3n) is 2.07. The van der Waals surface area contributed by atoms with Gasteiger partial charge in [0.15, 0.2) is 0 Å². The fourth-order valence-corrected chi connectivity index (χ4v) is 1.09. The van der Waals surface area contributed by atoms with Gasteiger partial charge >= 0.3 is 6.18 Å². The zero-order valence-corrected chi connectivity index (χ0v) is 8.93. The van der Waals surface area contributed by atoms with Gasteiger partial charge in [-0.05, 0) is 31.9 Å². The maximum absolute atomic E-state index is 12.4. The molecule has 0 spiro atoms. The Balaban J connectivity index is 4.63. The van der Waals surface area contributed by atoms with Crippen molar-refractivity contribution >= 4 is 6.21 Å². The molecule has 0 bridgehead atoms. The number of allylic oxidation sites excluding steroid dienone is 4. The van der Waals surface area contributed by atoms with Crippen molar-refractivity contribution in [3.63, 3.8) is 0 Å². The average molecular weight is 219 g/mol. The molecule has 1 N–H and O–H groups in total. The van der Waals surface area contributed by atoms with Gasteiger partial charge in [0, 0.05) is 0 Å². The largest absolute Gasteiger partial charge is 0.416 e. The molecule has 0 amide bonds. The molecule has 0 aromatic heterocycles. The summed E-state index contributed by atoms with van der Waals surface area (Å²) in [5, 5.41) is 7.01. The van der Waals surface area contributed by atoms with Crippen LogP contribution in [-0.2, 0) is 0 Å². The summed E-state index contributed by atoms with van der Waals surface area (Å²) in [4.78, 5) is 0. The highest BCUT2D eigenvalue weighted by molar-refractivity contribution is 5.57. The van der Waals surface area contributed by atoms with Crippen LogP contribution in [0.2, 0.25) is 0 Å². The van der Waals surface area contributed by atoms with Gasteiger partial charge in [-0.25, -0.2) is 0 Å². The molecule has 4 heteroatoms. The molecule has 1 nitrogen and oxygen atoms in total. The van der Waals surface area contributed by atoms with Crippen LogP contribution in [0.5, 0.6) is 0 Å². The summed E-state index contributed by atoms with van der Waals surface area (Å²) in [6, 6.07) is 0. The van der Waals surface area contributed by atoms with Gasteiger partial charge in [0.05, 0.1) is 5.57 Å². The third kappa shape index (κ3) is 5.40. The molecule has 0 fully saturated rings. The molecule has 15 heavy (non-hydrogen) atoms. The second-order valence-electron chi connectivity index (χ2n) is 3.23. The summed E-state index contributed by atoms with van der Waals surface area (Å²) in [6.45, 7) is 3.40. The van der Waals surface area contributed by atoms with Crippen molar-refractivity contribution in [3.8, 4) is 0 Å². The van der Waals surface area contributed by atoms with E-state index in [1.54, 1.807) is 6.92 Å². The predicted molar refractivity (Wildman–Crippen MR) is 56.1 cm³/mol. The second kappa shape index (κ2) is 6.43. The van der Waals surface area contributed by atoms with Gasteiger partial charge in [-0.15, -0.1) is 0 Å². The van der Waals surface area contributed by atoms with E-state index in [1.807, 2.05) is 6.92 Å². The maximum atomic E-state index is 12.4. The average Bonchev–Trinajstić information content (AvgIpc) is 2.16. The second-order valence-corrected chi connectivity index (χ2v) is 3.23. The Morgan fingerprint density at radius 2 is 2.00 bits per heavy atom. The van der Waals surface area contributed by atoms with Gasteiger partial charge in [0.2, 0.25) is 0 Å². The highest BCUT2D eigenvalue weighted by Crippen LogP contribution is 2.27. The molecular weight excluding hydrogens is 203 g/mol. The molecule has 0 aromatic rings. The molecular formula is C11H16F3N. The van der Waals surface area contributed by atoms with E-state index in [4.69, 9.17) is 5.41 Å². The standard InChI is InChI=1S/C11H16F3N/c1-3-5-10(11(12,13)14)7-6-9(4-2)8-15/h3,5,7-9,15H,4,6H2,1-2H3/b5-3-,10-7?,15-8?. The Morgan fingerprint density at radius 1 is 1.40 bits per heavy atom. The summed E-state index contributed by atoms with van der Waals surface area (Å²) in [5.41, 5.74) is -0.634. The third-order valence-corrected chi connectivity index (χ3v) is 2.07. The minimum Gasteiger partial charge on any atom is -0.313 e. The molecule has 0 saturated carbocycles. The zero-order valence-electron chi connectivity index (χ0n) is 8.93. The molecule has 86 valence electrons. The van der Waals surface area contributed by atoms with Gasteiger partial charge in [-0.2, -0.15) is 13.2 Å². The summed E-state index contributed by atoms with van der Waals surface area (Å²) < 4.78 is 37.2. The van der Waals surface area contributed by atoms with Gasteiger partial charge in [-0.1, -0.05) is 25.2 Å². The summed E-state index contributed by atoms with van der Waals surface area (Å²) >= 11 is 0. The van der Waals surface area contributed by atoms with Crippen LogP contribution in [-0.4, -0.2) is 12.4 Å². The summed E-state index contributed by atoms with van der Waals surface area (Å²) in [6.07, 6.45) is 1.41. The lowest BCUT2D eigenvalue weighted by molar-refractivity contribution is -0.0884. The smallest absolute Gasteiger partial charge is 0.313 e. The Kier molecular flexibility index (Phi) is 5.97. The lowest BCUT2D eigenvalue weighted by atomic mass is 10.0. The van der Waals surface area contributed by atoms with Crippen LogP contribution in [0, 0.1) is 11.3 Å². The van der Waals surface area contributed by atoms with E-state index in [0.717, 1.165) is 12.2 Å². The zero-order chi connectivity index (χ0) is 11.9. The minimum atomic E-state index is -4.30. The normalized spacial score (nSPS) is 15.7. The molecule has 0 heterocycles. The first-order valence-corrected chi connectivity index (χ1v) is 4.86. The monoisotopic (exact) mass is 219 g/mol. The number of hydrogen-bond acceptors (Lipinski definition) is 1. The van der Waals surface area contributed by atoms with Crippen molar-refractivity contribution < 1.29 is 13.2 Å². The Hall–Kier alpha value is -1.06. The number of hydrogen-bond donors (Lipinski definition) is 1. The van der Waals surface area contributed by atoms with Gasteiger partial charge < -0.3 is 5.41 Å². The number of rotatable bonds is 5. The lowest BCUT2D eigenvalue weighted by Gasteiger charge is -2.09. The van der Waals surface area contributed by atoms with Crippen LogP contribution in [0.1, 0.15) is 26.7 Å². The quantitative estimate of drug-likeness (QED) is 0.531. The van der Waals surface area contributed by atoms with Crippen LogP contribution < -0.4 is 0 Å². The van der Waals surface area contributed by atoms with E-state index in [-0.39, 0.29) is 12.3 Å². The lowest BCUT2D eigenvalue weighted by Crippen LogP contribution is -2.10. The maximum Gasteiger partial charge on any atom is 0.416 e. The van der Waals surface area contributed by atoms with E-state index in [2.05, 4.69) is 0 Å². The van der Waals surface area contributed by atoms with Crippen molar-refractivity contribution in [2.24, 2.45) is 5.92 Å². The molecule has 0 aromatic carbocycles. The molecule has 1 atom stereocenters. The Labute approximate surface area is 88.2 Å². The first-order chi connectivity index (χ1) is 6.95. The molecule has 0 saturated heterocycles.